The van der Waals surface area contributed by atoms with E-state index in [0.29, 0.717) is 29.4 Å². The Morgan fingerprint density at radius 1 is 0.893 bits per heavy atom. The highest BCUT2D eigenvalue weighted by Gasteiger charge is 2.21. The van der Waals surface area contributed by atoms with Gasteiger partial charge in [-0.1, -0.05) is 48.5 Å². The first-order chi connectivity index (χ1) is 13.7. The van der Waals surface area contributed by atoms with Gasteiger partial charge < -0.3 is 19.1 Å². The van der Waals surface area contributed by atoms with Crippen LogP contribution in [0.5, 0.6) is 11.5 Å². The molecule has 0 saturated heterocycles. The number of nitrogens with zero attached hydrogens (tertiary/aromatic N) is 2. The summed E-state index contributed by atoms with van der Waals surface area (Å²) < 4.78 is 12.7. The Morgan fingerprint density at radius 3 is 2.36 bits per heavy atom. The molecular formula is C23H22N2O3. The maximum atomic E-state index is 11.2. The molecule has 0 unspecified atom stereocenters. The minimum atomic E-state index is -0.893. The van der Waals surface area contributed by atoms with E-state index in [1.807, 2.05) is 48.5 Å². The predicted octanol–water partition coefficient (Wildman–Crippen LogP) is 4.18. The van der Waals surface area contributed by atoms with Gasteiger partial charge in [-0.15, -0.1) is 0 Å². The van der Waals surface area contributed by atoms with Crippen LogP contribution in [0.3, 0.4) is 0 Å². The molecule has 4 rings (SSSR count). The second-order valence-corrected chi connectivity index (χ2v) is 6.55. The molecule has 28 heavy (non-hydrogen) atoms. The zero-order valence-electron chi connectivity index (χ0n) is 15.9. The fourth-order valence-electron chi connectivity index (χ4n) is 3.41. The van der Waals surface area contributed by atoms with Crippen LogP contribution in [0.2, 0.25) is 0 Å². The lowest BCUT2D eigenvalue weighted by molar-refractivity contribution is 0.205. The Morgan fingerprint density at radius 2 is 1.61 bits per heavy atom. The maximum absolute atomic E-state index is 11.2. The van der Waals surface area contributed by atoms with Crippen molar-refractivity contribution in [1.82, 2.24) is 9.55 Å². The molecular weight excluding hydrogens is 352 g/mol. The van der Waals surface area contributed by atoms with Gasteiger partial charge >= 0.3 is 0 Å². The van der Waals surface area contributed by atoms with Crippen molar-refractivity contribution in [2.45, 2.75) is 12.6 Å². The molecule has 0 aliphatic carbocycles. The van der Waals surface area contributed by atoms with Crippen LogP contribution in [0.4, 0.5) is 0 Å². The number of hydrogen-bond donors (Lipinski definition) is 1. The van der Waals surface area contributed by atoms with Crippen LogP contribution in [0.25, 0.3) is 11.0 Å². The fraction of sp³-hybridized carbons (Fsp3) is 0.174. The first-order valence-corrected chi connectivity index (χ1v) is 9.10. The van der Waals surface area contributed by atoms with Gasteiger partial charge in [-0.25, -0.2) is 4.98 Å². The van der Waals surface area contributed by atoms with E-state index in [-0.39, 0.29) is 0 Å². The molecule has 142 valence electrons. The number of ether oxygens (including phenoxy) is 2. The summed E-state index contributed by atoms with van der Waals surface area (Å²) in [5, 5.41) is 11.2. The number of aliphatic hydroxyl groups excluding tert-OH is 1. The van der Waals surface area contributed by atoms with E-state index in [1.54, 1.807) is 26.4 Å². The minimum Gasteiger partial charge on any atom is -0.493 e. The van der Waals surface area contributed by atoms with Crippen LogP contribution < -0.4 is 9.47 Å². The van der Waals surface area contributed by atoms with Crippen molar-refractivity contribution in [3.63, 3.8) is 0 Å². The van der Waals surface area contributed by atoms with Crippen LogP contribution in [0.1, 0.15) is 23.1 Å². The van der Waals surface area contributed by atoms with Gasteiger partial charge in [-0.05, 0) is 35.4 Å². The topological polar surface area (TPSA) is 56.5 Å². The number of imidazole rings is 1. The van der Waals surface area contributed by atoms with Gasteiger partial charge in [0.1, 0.15) is 11.9 Å². The summed E-state index contributed by atoms with van der Waals surface area (Å²) in [5.74, 6) is 1.79. The van der Waals surface area contributed by atoms with Gasteiger partial charge in [0.25, 0.3) is 0 Å². The summed E-state index contributed by atoms with van der Waals surface area (Å²) in [5.41, 5.74) is 3.68. The van der Waals surface area contributed by atoms with E-state index in [2.05, 4.69) is 16.7 Å². The summed E-state index contributed by atoms with van der Waals surface area (Å²) >= 11 is 0. The fourth-order valence-corrected chi connectivity index (χ4v) is 3.41. The number of benzene rings is 3. The van der Waals surface area contributed by atoms with Crippen molar-refractivity contribution in [3.05, 3.63) is 89.7 Å². The predicted molar refractivity (Wildman–Crippen MR) is 109 cm³/mol. The molecule has 0 bridgehead atoms. The average Bonchev–Trinajstić information content (AvgIpc) is 3.12. The Bertz CT molecular complexity index is 1090. The van der Waals surface area contributed by atoms with Crippen LogP contribution in [0.15, 0.2) is 72.8 Å². The smallest absolute Gasteiger partial charge is 0.161 e. The Labute approximate surface area is 163 Å². The Hall–Kier alpha value is -3.31. The van der Waals surface area contributed by atoms with Crippen molar-refractivity contribution < 1.29 is 14.6 Å². The van der Waals surface area contributed by atoms with Crippen molar-refractivity contribution in [2.75, 3.05) is 14.2 Å². The third-order valence-corrected chi connectivity index (χ3v) is 4.84. The molecule has 0 aliphatic rings. The van der Waals surface area contributed by atoms with E-state index in [0.717, 1.165) is 16.6 Å². The quantitative estimate of drug-likeness (QED) is 0.550. The highest BCUT2D eigenvalue weighted by molar-refractivity contribution is 5.76. The molecule has 0 spiro atoms. The van der Waals surface area contributed by atoms with Crippen LogP contribution in [-0.4, -0.2) is 28.9 Å². The highest BCUT2D eigenvalue weighted by Crippen LogP contribution is 2.33. The lowest BCUT2D eigenvalue weighted by Crippen LogP contribution is -2.11. The molecule has 0 aliphatic heterocycles. The molecule has 1 atom stereocenters. The highest BCUT2D eigenvalue weighted by atomic mass is 16.5. The van der Waals surface area contributed by atoms with Gasteiger partial charge in [0.05, 0.1) is 25.3 Å². The number of aliphatic hydroxyl groups is 1. The van der Waals surface area contributed by atoms with Gasteiger partial charge in [0.15, 0.2) is 11.5 Å². The van der Waals surface area contributed by atoms with Gasteiger partial charge in [0, 0.05) is 6.54 Å². The molecule has 0 saturated carbocycles. The molecule has 3 aromatic carbocycles. The first kappa shape index (κ1) is 18.1. The summed E-state index contributed by atoms with van der Waals surface area (Å²) in [6, 6.07) is 23.5. The third-order valence-electron chi connectivity index (χ3n) is 4.84. The number of methoxy groups -OCH3 is 2. The van der Waals surface area contributed by atoms with E-state index in [1.165, 1.54) is 0 Å². The lowest BCUT2D eigenvalue weighted by Gasteiger charge is -2.16. The van der Waals surface area contributed by atoms with E-state index >= 15 is 0 Å². The minimum absolute atomic E-state index is 0.574. The lowest BCUT2D eigenvalue weighted by atomic mass is 10.1. The third kappa shape index (κ3) is 3.32. The van der Waals surface area contributed by atoms with E-state index in [4.69, 9.17) is 14.5 Å². The largest absolute Gasteiger partial charge is 0.493 e. The van der Waals surface area contributed by atoms with Gasteiger partial charge in [-0.2, -0.15) is 0 Å². The number of fused-ring (bicyclic) bond motifs is 1. The van der Waals surface area contributed by atoms with E-state index < -0.39 is 6.10 Å². The molecule has 1 aromatic heterocycles. The Balaban J connectivity index is 1.80. The maximum Gasteiger partial charge on any atom is 0.161 e. The Kier molecular flexibility index (Phi) is 5.00. The van der Waals surface area contributed by atoms with Gasteiger partial charge in [0.2, 0.25) is 0 Å². The van der Waals surface area contributed by atoms with Crippen molar-refractivity contribution in [2.24, 2.45) is 0 Å². The van der Waals surface area contributed by atoms with Crippen molar-refractivity contribution in [1.29, 1.82) is 0 Å². The summed E-state index contributed by atoms with van der Waals surface area (Å²) in [6.45, 7) is 0.626. The van der Waals surface area contributed by atoms with Crippen LogP contribution in [0, 0.1) is 0 Å². The summed E-state index contributed by atoms with van der Waals surface area (Å²) in [4.78, 5) is 4.72. The first-order valence-electron chi connectivity index (χ1n) is 9.10. The molecule has 4 aromatic rings. The molecule has 0 radical (unpaired) electrons. The monoisotopic (exact) mass is 374 g/mol. The molecule has 1 heterocycles. The second kappa shape index (κ2) is 7.74. The van der Waals surface area contributed by atoms with Crippen LogP contribution in [-0.2, 0) is 6.54 Å². The van der Waals surface area contributed by atoms with Crippen molar-refractivity contribution in [3.8, 4) is 11.5 Å². The summed E-state index contributed by atoms with van der Waals surface area (Å²) in [6.07, 6.45) is -0.893. The van der Waals surface area contributed by atoms with Crippen LogP contribution >= 0.6 is 0 Å². The zero-order valence-corrected chi connectivity index (χ0v) is 15.9. The molecule has 0 fully saturated rings. The SMILES string of the molecule is COc1ccc([C@@H](O)c2nc3ccccc3n2Cc2ccccc2)cc1OC. The van der Waals surface area contributed by atoms with Gasteiger partial charge in [-0.3, -0.25) is 0 Å². The normalized spacial score (nSPS) is 12.1. The standard InChI is InChI=1S/C23H22N2O3/c1-27-20-13-12-17(14-21(20)28-2)22(26)23-24-18-10-6-7-11-19(18)25(23)15-16-8-4-3-5-9-16/h3-14,22,26H,15H2,1-2H3/t22-/m1/s1. The average molecular weight is 374 g/mol. The molecule has 0 amide bonds. The molecule has 1 N–H and O–H groups in total. The second-order valence-electron chi connectivity index (χ2n) is 6.55. The number of aromatic nitrogens is 2. The van der Waals surface area contributed by atoms with E-state index in [9.17, 15) is 5.11 Å². The number of para-hydroxylation sites is 2. The molecule has 5 heteroatoms. The number of rotatable bonds is 6. The zero-order chi connectivity index (χ0) is 19.5. The number of hydrogen-bond acceptors (Lipinski definition) is 4. The summed E-state index contributed by atoms with van der Waals surface area (Å²) in [7, 11) is 3.17. The molecule has 5 nitrogen and oxygen atoms in total. The van der Waals surface area contributed by atoms with Crippen molar-refractivity contribution >= 4 is 11.0 Å².